The monoisotopic (exact) mass is 322 g/mol. The van der Waals surface area contributed by atoms with Crippen LogP contribution in [0.25, 0.3) is 0 Å². The molecule has 0 bridgehead atoms. The zero-order chi connectivity index (χ0) is 16.2. The standard InChI is InChI=1S/C17H23FN2O3/c18-11-7-8-12-13(5-3-9-23-16(12)10-11)19-17(22)20-14-4-1-2-6-15(14)21/h7-8,10,13-15,21H,1-6,9H2,(H2,19,20,22)/t13-,14+,15+/m1/s1. The summed E-state index contributed by atoms with van der Waals surface area (Å²) in [6.07, 6.45) is 4.58. The molecule has 5 nitrogen and oxygen atoms in total. The van der Waals surface area contributed by atoms with E-state index >= 15 is 0 Å². The van der Waals surface area contributed by atoms with Gasteiger partial charge in [-0.05, 0) is 31.7 Å². The molecule has 1 heterocycles. The molecule has 23 heavy (non-hydrogen) atoms. The fourth-order valence-electron chi connectivity index (χ4n) is 3.34. The van der Waals surface area contributed by atoms with Gasteiger partial charge in [-0.1, -0.05) is 18.9 Å². The number of hydrogen-bond acceptors (Lipinski definition) is 3. The van der Waals surface area contributed by atoms with Crippen LogP contribution in [-0.4, -0.2) is 29.9 Å². The van der Waals surface area contributed by atoms with E-state index in [9.17, 15) is 14.3 Å². The van der Waals surface area contributed by atoms with E-state index < -0.39 is 6.10 Å². The molecule has 1 aromatic rings. The van der Waals surface area contributed by atoms with E-state index in [2.05, 4.69) is 10.6 Å². The van der Waals surface area contributed by atoms with Crippen molar-refractivity contribution < 1.29 is 19.0 Å². The lowest BCUT2D eigenvalue weighted by Crippen LogP contribution is -2.49. The maximum absolute atomic E-state index is 13.4. The van der Waals surface area contributed by atoms with Gasteiger partial charge in [-0.25, -0.2) is 9.18 Å². The second-order valence-electron chi connectivity index (χ2n) is 6.30. The largest absolute Gasteiger partial charge is 0.493 e. The third-order valence-electron chi connectivity index (χ3n) is 4.60. The molecule has 0 unspecified atom stereocenters. The van der Waals surface area contributed by atoms with Crippen LogP contribution in [0.15, 0.2) is 18.2 Å². The normalized spacial score (nSPS) is 27.3. The number of hydrogen-bond donors (Lipinski definition) is 3. The van der Waals surface area contributed by atoms with Gasteiger partial charge in [-0.15, -0.1) is 0 Å². The minimum Gasteiger partial charge on any atom is -0.493 e. The molecule has 1 saturated carbocycles. The summed E-state index contributed by atoms with van der Waals surface area (Å²) in [4.78, 5) is 12.3. The Kier molecular flexibility index (Phi) is 5.00. The van der Waals surface area contributed by atoms with Crippen LogP contribution in [0.3, 0.4) is 0 Å². The molecule has 3 atom stereocenters. The molecule has 2 amide bonds. The van der Waals surface area contributed by atoms with Gasteiger partial charge >= 0.3 is 6.03 Å². The van der Waals surface area contributed by atoms with Crippen molar-refractivity contribution >= 4 is 6.03 Å². The van der Waals surface area contributed by atoms with E-state index in [4.69, 9.17) is 4.74 Å². The van der Waals surface area contributed by atoms with Crippen molar-refractivity contribution in [3.05, 3.63) is 29.6 Å². The number of carbonyl (C=O) groups excluding carboxylic acids is 1. The molecule has 0 spiro atoms. The summed E-state index contributed by atoms with van der Waals surface area (Å²) in [5, 5.41) is 15.8. The SMILES string of the molecule is O=C(N[C@H]1CCCC[C@@H]1O)N[C@@H]1CCCOc2cc(F)ccc21. The number of rotatable bonds is 2. The molecule has 1 aromatic carbocycles. The van der Waals surface area contributed by atoms with Crippen molar-refractivity contribution in [1.29, 1.82) is 0 Å². The molecule has 0 saturated heterocycles. The Hall–Kier alpha value is -1.82. The molecule has 1 aliphatic heterocycles. The van der Waals surface area contributed by atoms with Gasteiger partial charge in [0.1, 0.15) is 11.6 Å². The van der Waals surface area contributed by atoms with Crippen LogP contribution in [0.4, 0.5) is 9.18 Å². The number of halogens is 1. The van der Waals surface area contributed by atoms with Gasteiger partial charge in [0.05, 0.1) is 24.8 Å². The molecule has 6 heteroatoms. The molecular formula is C17H23FN2O3. The number of ether oxygens (including phenoxy) is 1. The van der Waals surface area contributed by atoms with Crippen LogP contribution in [0, 0.1) is 5.82 Å². The highest BCUT2D eigenvalue weighted by atomic mass is 19.1. The maximum atomic E-state index is 13.4. The highest BCUT2D eigenvalue weighted by Gasteiger charge is 2.27. The molecule has 0 aromatic heterocycles. The maximum Gasteiger partial charge on any atom is 0.315 e. The summed E-state index contributed by atoms with van der Waals surface area (Å²) in [6, 6.07) is 3.70. The smallest absolute Gasteiger partial charge is 0.315 e. The molecule has 126 valence electrons. The van der Waals surface area contributed by atoms with Crippen molar-refractivity contribution in [2.75, 3.05) is 6.61 Å². The molecule has 1 aliphatic carbocycles. The van der Waals surface area contributed by atoms with Crippen molar-refractivity contribution in [2.45, 2.75) is 56.7 Å². The highest BCUT2D eigenvalue weighted by Crippen LogP contribution is 2.32. The predicted octanol–water partition coefficient (Wildman–Crippen LogP) is 2.64. The van der Waals surface area contributed by atoms with Crippen molar-refractivity contribution in [3.8, 4) is 5.75 Å². The minimum atomic E-state index is -0.478. The van der Waals surface area contributed by atoms with E-state index in [-0.39, 0.29) is 23.9 Å². The first-order valence-electron chi connectivity index (χ1n) is 8.31. The fourth-order valence-corrected chi connectivity index (χ4v) is 3.34. The summed E-state index contributed by atoms with van der Waals surface area (Å²) in [6.45, 7) is 0.511. The Morgan fingerprint density at radius 2 is 2.00 bits per heavy atom. The summed E-state index contributed by atoms with van der Waals surface area (Å²) in [5.41, 5.74) is 0.795. The minimum absolute atomic E-state index is 0.196. The van der Waals surface area contributed by atoms with Crippen LogP contribution in [0.5, 0.6) is 5.75 Å². The van der Waals surface area contributed by atoms with Crippen LogP contribution in [-0.2, 0) is 0 Å². The lowest BCUT2D eigenvalue weighted by Gasteiger charge is -2.29. The lowest BCUT2D eigenvalue weighted by molar-refractivity contribution is 0.0940. The molecule has 2 aliphatic rings. The summed E-state index contributed by atoms with van der Waals surface area (Å²) >= 11 is 0. The predicted molar refractivity (Wildman–Crippen MR) is 83.8 cm³/mol. The van der Waals surface area contributed by atoms with Gasteiger partial charge in [0.15, 0.2) is 0 Å². The van der Waals surface area contributed by atoms with Crippen LogP contribution < -0.4 is 15.4 Å². The van der Waals surface area contributed by atoms with Gasteiger partial charge in [0.25, 0.3) is 0 Å². The van der Waals surface area contributed by atoms with E-state index in [1.54, 1.807) is 6.07 Å². The average molecular weight is 322 g/mol. The number of urea groups is 1. The van der Waals surface area contributed by atoms with Crippen molar-refractivity contribution in [1.82, 2.24) is 10.6 Å². The first-order chi connectivity index (χ1) is 11.1. The zero-order valence-corrected chi connectivity index (χ0v) is 13.1. The first-order valence-corrected chi connectivity index (χ1v) is 8.31. The number of amides is 2. The lowest BCUT2D eigenvalue weighted by atomic mass is 9.93. The van der Waals surface area contributed by atoms with Crippen LogP contribution >= 0.6 is 0 Å². The van der Waals surface area contributed by atoms with Gasteiger partial charge in [0.2, 0.25) is 0 Å². The number of nitrogens with one attached hydrogen (secondary N) is 2. The van der Waals surface area contributed by atoms with Crippen LogP contribution in [0.2, 0.25) is 0 Å². The Bertz CT molecular complexity index is 567. The fraction of sp³-hybridized carbons (Fsp3) is 0.588. The first kappa shape index (κ1) is 16.1. The number of aliphatic hydroxyl groups is 1. The number of benzene rings is 1. The number of fused-ring (bicyclic) bond motifs is 1. The van der Waals surface area contributed by atoms with E-state index in [1.807, 2.05) is 0 Å². The number of carbonyl (C=O) groups is 1. The third-order valence-corrected chi connectivity index (χ3v) is 4.60. The molecule has 3 N–H and O–H groups in total. The zero-order valence-electron chi connectivity index (χ0n) is 13.1. The average Bonchev–Trinajstić information content (AvgIpc) is 2.71. The Morgan fingerprint density at radius 1 is 1.17 bits per heavy atom. The van der Waals surface area contributed by atoms with Gasteiger partial charge in [-0.2, -0.15) is 0 Å². The second kappa shape index (κ2) is 7.17. The van der Waals surface area contributed by atoms with E-state index in [0.29, 0.717) is 12.4 Å². The molecule has 3 rings (SSSR count). The quantitative estimate of drug-likeness (QED) is 0.784. The topological polar surface area (TPSA) is 70.6 Å². The molecule has 1 fully saturated rings. The summed E-state index contributed by atoms with van der Waals surface area (Å²) < 4.78 is 18.9. The molecule has 0 radical (unpaired) electrons. The third kappa shape index (κ3) is 3.93. The molecular weight excluding hydrogens is 299 g/mol. The Balaban J connectivity index is 1.66. The Morgan fingerprint density at radius 3 is 2.83 bits per heavy atom. The number of aliphatic hydroxyl groups excluding tert-OH is 1. The summed E-state index contributed by atoms with van der Waals surface area (Å²) in [7, 11) is 0. The van der Waals surface area contributed by atoms with Gasteiger partial charge in [0, 0.05) is 11.6 Å². The highest BCUT2D eigenvalue weighted by molar-refractivity contribution is 5.75. The van der Waals surface area contributed by atoms with Gasteiger partial charge in [-0.3, -0.25) is 0 Å². The van der Waals surface area contributed by atoms with Crippen molar-refractivity contribution in [2.24, 2.45) is 0 Å². The van der Waals surface area contributed by atoms with Gasteiger partial charge < -0.3 is 20.5 Å². The van der Waals surface area contributed by atoms with E-state index in [0.717, 1.165) is 44.1 Å². The van der Waals surface area contributed by atoms with E-state index in [1.165, 1.54) is 12.1 Å². The second-order valence-corrected chi connectivity index (χ2v) is 6.30. The van der Waals surface area contributed by atoms with Crippen molar-refractivity contribution in [3.63, 3.8) is 0 Å². The Labute approximate surface area is 135 Å². The summed E-state index contributed by atoms with van der Waals surface area (Å²) in [5.74, 6) is 0.143. The van der Waals surface area contributed by atoms with Crippen LogP contribution in [0.1, 0.15) is 50.1 Å².